The Morgan fingerprint density at radius 2 is 1.83 bits per heavy atom. The monoisotopic (exact) mass is 678 g/mol. The zero-order chi connectivity index (χ0) is 33.4. The first-order valence-corrected chi connectivity index (χ1v) is 16.2. The highest BCUT2D eigenvalue weighted by molar-refractivity contribution is 8.01. The van der Waals surface area contributed by atoms with E-state index in [9.17, 15) is 38.7 Å². The third-order valence-electron chi connectivity index (χ3n) is 7.58. The summed E-state index contributed by atoms with van der Waals surface area (Å²) in [5, 5.41) is 20.9. The van der Waals surface area contributed by atoms with Gasteiger partial charge in [-0.1, -0.05) is 42.1 Å². The molecule has 2 aromatic carbocycles. The van der Waals surface area contributed by atoms with Crippen LogP contribution >= 0.6 is 23.5 Å². The van der Waals surface area contributed by atoms with Gasteiger partial charge in [0.15, 0.2) is 5.16 Å². The molecular formula is C29H26N8O8S2. The van der Waals surface area contributed by atoms with Crippen LogP contribution in [0.2, 0.25) is 0 Å². The largest absolute Gasteiger partial charge is 0.477 e. The van der Waals surface area contributed by atoms with Crippen LogP contribution in [-0.4, -0.2) is 81.1 Å². The lowest BCUT2D eigenvalue weighted by Gasteiger charge is -2.49. The first-order chi connectivity index (χ1) is 22.6. The number of carboxylic acids is 1. The van der Waals surface area contributed by atoms with Crippen molar-refractivity contribution in [2.24, 2.45) is 0 Å². The van der Waals surface area contributed by atoms with Gasteiger partial charge in [-0.05, 0) is 36.3 Å². The van der Waals surface area contributed by atoms with Crippen molar-refractivity contribution in [3.63, 3.8) is 0 Å². The molecule has 3 amide bonds. The third-order valence-corrected chi connectivity index (χ3v) is 9.99. The quantitative estimate of drug-likeness (QED) is 0.0944. The lowest BCUT2D eigenvalue weighted by Crippen LogP contribution is -2.70. The van der Waals surface area contributed by atoms with Crippen LogP contribution in [0, 0.1) is 0 Å². The van der Waals surface area contributed by atoms with Gasteiger partial charge in [-0.2, -0.15) is 0 Å². The predicted molar refractivity (Wildman–Crippen MR) is 172 cm³/mol. The summed E-state index contributed by atoms with van der Waals surface area (Å²) < 4.78 is 2.13. The molecule has 2 aliphatic rings. The van der Waals surface area contributed by atoms with Crippen LogP contribution < -0.4 is 27.4 Å². The number of anilines is 1. The molecule has 4 heterocycles. The molecule has 1 unspecified atom stereocenters. The molecule has 0 aliphatic carbocycles. The topological polar surface area (TPSA) is 221 Å². The van der Waals surface area contributed by atoms with E-state index >= 15 is 0 Å². The fraction of sp³-hybridized carbons (Fsp3) is 0.241. The van der Waals surface area contributed by atoms with Gasteiger partial charge in [-0.3, -0.25) is 28.6 Å². The number of aromatic amines is 2. The second-order valence-corrected chi connectivity index (χ2v) is 12.5. The molecule has 1 fully saturated rings. The summed E-state index contributed by atoms with van der Waals surface area (Å²) in [4.78, 5) is 91.6. The van der Waals surface area contributed by atoms with Gasteiger partial charge in [0, 0.05) is 23.7 Å². The van der Waals surface area contributed by atoms with Gasteiger partial charge in [0.2, 0.25) is 5.91 Å². The van der Waals surface area contributed by atoms with Crippen molar-refractivity contribution in [1.82, 2.24) is 34.5 Å². The number of nitrogens with one attached hydrogen (secondary N) is 4. The number of β-lactam (4-membered cyclic amide) rings is 1. The average molecular weight is 679 g/mol. The van der Waals surface area contributed by atoms with E-state index < -0.39 is 52.0 Å². The van der Waals surface area contributed by atoms with Gasteiger partial charge in [0.25, 0.3) is 5.91 Å². The Labute approximate surface area is 272 Å². The van der Waals surface area contributed by atoms with Crippen LogP contribution in [0.1, 0.15) is 12.5 Å². The molecule has 2 aromatic heterocycles. The van der Waals surface area contributed by atoms with Crippen molar-refractivity contribution >= 4 is 64.1 Å². The zero-order valence-corrected chi connectivity index (χ0v) is 26.1. The SMILES string of the molecule is CCn1c(SCC2=C(C(=O)O)N3C(=O)C(NC(=O)Cc4ccccc4NC(=O)n4c(=O)[nH]c5ccccc54)[C@H]3SC2)n[nH]c(=O)c1=O. The predicted octanol–water partition coefficient (Wildman–Crippen LogP) is 0.748. The molecule has 0 bridgehead atoms. The van der Waals surface area contributed by atoms with Crippen LogP contribution in [-0.2, 0) is 27.3 Å². The number of fused-ring (bicyclic) bond motifs is 2. The minimum absolute atomic E-state index is 0.0911. The van der Waals surface area contributed by atoms with Crippen molar-refractivity contribution in [2.75, 3.05) is 16.8 Å². The standard InChI is InChI=1S/C29H26N8O8S2/c1-2-35-24(41)22(39)33-34-29(35)47-13-15-12-46-25-20(23(40)37(25)21(15)26(42)43)32-19(38)11-14-7-3-4-8-16(14)30-27(44)36-18-10-6-5-9-17(18)31-28(36)45/h3-10,20,25H,2,11-13H2,1H3,(H,30,44)(H,31,45)(H,32,38)(H,33,39)(H,42,43)/t20?,25-/m1/s1. The highest BCUT2D eigenvalue weighted by atomic mass is 32.2. The molecule has 5 N–H and O–H groups in total. The van der Waals surface area contributed by atoms with Crippen molar-refractivity contribution < 1.29 is 24.3 Å². The molecule has 0 saturated carbocycles. The number of carbonyl (C=O) groups excluding carboxylic acids is 3. The number of carboxylic acid groups (broad SMARTS) is 1. The van der Waals surface area contributed by atoms with Gasteiger partial charge in [0.1, 0.15) is 17.1 Å². The number of aromatic nitrogens is 5. The Morgan fingerprint density at radius 3 is 2.60 bits per heavy atom. The highest BCUT2D eigenvalue weighted by Gasteiger charge is 2.54. The van der Waals surface area contributed by atoms with Crippen LogP contribution in [0.5, 0.6) is 0 Å². The maximum atomic E-state index is 13.2. The molecule has 1 saturated heterocycles. The first-order valence-electron chi connectivity index (χ1n) is 14.2. The number of nitrogens with zero attached hydrogens (tertiary/aromatic N) is 4. The molecule has 2 atom stereocenters. The first kappa shape index (κ1) is 31.6. The number of amides is 3. The number of carbonyl (C=O) groups is 4. The van der Waals surface area contributed by atoms with E-state index in [1.54, 1.807) is 55.5 Å². The fourth-order valence-corrected chi connectivity index (χ4v) is 7.87. The summed E-state index contributed by atoms with van der Waals surface area (Å²) in [5.41, 5.74) is -0.456. The van der Waals surface area contributed by atoms with Crippen LogP contribution in [0.4, 0.5) is 10.5 Å². The number of benzene rings is 2. The van der Waals surface area contributed by atoms with Crippen molar-refractivity contribution in [3.05, 3.63) is 96.6 Å². The number of H-pyrrole nitrogens is 2. The summed E-state index contributed by atoms with van der Waals surface area (Å²) in [6.45, 7) is 1.86. The summed E-state index contributed by atoms with van der Waals surface area (Å²) in [5.74, 6) is -2.11. The molecule has 4 aromatic rings. The van der Waals surface area contributed by atoms with E-state index in [0.717, 1.165) is 21.2 Å². The minimum atomic E-state index is -1.31. The molecule has 6 rings (SSSR count). The second-order valence-electron chi connectivity index (χ2n) is 10.4. The molecule has 2 aliphatic heterocycles. The minimum Gasteiger partial charge on any atom is -0.477 e. The van der Waals surface area contributed by atoms with Crippen molar-refractivity contribution in [1.29, 1.82) is 0 Å². The van der Waals surface area contributed by atoms with Crippen LogP contribution in [0.3, 0.4) is 0 Å². The number of imidazole rings is 1. The number of para-hydroxylation sites is 3. The molecule has 47 heavy (non-hydrogen) atoms. The molecule has 0 spiro atoms. The lowest BCUT2D eigenvalue weighted by molar-refractivity contribution is -0.150. The van der Waals surface area contributed by atoms with Crippen molar-refractivity contribution in [2.45, 2.75) is 36.5 Å². The fourth-order valence-electron chi connectivity index (χ4n) is 5.37. The third kappa shape index (κ3) is 5.87. The van der Waals surface area contributed by atoms with E-state index in [1.807, 2.05) is 0 Å². The molecule has 0 radical (unpaired) electrons. The van der Waals surface area contributed by atoms with E-state index in [2.05, 4.69) is 25.8 Å². The van der Waals surface area contributed by atoms with Gasteiger partial charge in [-0.15, -0.1) is 16.9 Å². The summed E-state index contributed by atoms with van der Waals surface area (Å²) >= 11 is 2.34. The van der Waals surface area contributed by atoms with E-state index in [0.29, 0.717) is 27.9 Å². The lowest BCUT2D eigenvalue weighted by atomic mass is 10.0. The van der Waals surface area contributed by atoms with Crippen LogP contribution in [0.15, 0.2) is 79.3 Å². The summed E-state index contributed by atoms with van der Waals surface area (Å²) in [6, 6.07) is 11.5. The summed E-state index contributed by atoms with van der Waals surface area (Å²) in [7, 11) is 0. The summed E-state index contributed by atoms with van der Waals surface area (Å²) in [6.07, 6.45) is -0.213. The molecular weight excluding hydrogens is 653 g/mol. The Kier molecular flexibility index (Phi) is 8.61. The van der Waals surface area contributed by atoms with Gasteiger partial charge in [0.05, 0.1) is 17.5 Å². The Balaban J connectivity index is 1.13. The maximum absolute atomic E-state index is 13.2. The maximum Gasteiger partial charge on any atom is 0.352 e. The number of rotatable bonds is 9. The second kappa shape index (κ2) is 12.8. The zero-order valence-electron chi connectivity index (χ0n) is 24.5. The van der Waals surface area contributed by atoms with E-state index in [4.69, 9.17) is 0 Å². The van der Waals surface area contributed by atoms with Gasteiger partial charge < -0.3 is 20.7 Å². The number of hydrogen-bond donors (Lipinski definition) is 5. The average Bonchev–Trinajstić information content (AvgIpc) is 3.40. The van der Waals surface area contributed by atoms with E-state index in [-0.39, 0.29) is 35.3 Å². The molecule has 18 heteroatoms. The van der Waals surface area contributed by atoms with Gasteiger partial charge >= 0.3 is 28.8 Å². The number of thioether (sulfide) groups is 2. The smallest absolute Gasteiger partial charge is 0.352 e. The normalized spacial score (nSPS) is 17.3. The molecule has 16 nitrogen and oxygen atoms in total. The Hall–Kier alpha value is -5.36. The number of aliphatic carboxylic acids is 1. The molecule has 242 valence electrons. The Morgan fingerprint density at radius 1 is 1.09 bits per heavy atom. The van der Waals surface area contributed by atoms with Crippen molar-refractivity contribution in [3.8, 4) is 0 Å². The Bertz CT molecular complexity index is 2170. The van der Waals surface area contributed by atoms with Crippen LogP contribution in [0.25, 0.3) is 11.0 Å². The van der Waals surface area contributed by atoms with E-state index in [1.165, 1.54) is 16.3 Å². The number of hydrogen-bond acceptors (Lipinski definition) is 10. The highest BCUT2D eigenvalue weighted by Crippen LogP contribution is 2.41. The van der Waals surface area contributed by atoms with Gasteiger partial charge in [-0.25, -0.2) is 24.0 Å².